The first-order valence-corrected chi connectivity index (χ1v) is 4.31. The number of methoxy groups -OCH3 is 1. The fourth-order valence-electron chi connectivity index (χ4n) is 1.23. The summed E-state index contributed by atoms with van der Waals surface area (Å²) in [5.41, 5.74) is 6.91. The van der Waals surface area contributed by atoms with Gasteiger partial charge in [-0.2, -0.15) is 0 Å². The summed E-state index contributed by atoms with van der Waals surface area (Å²) in [5.74, 6) is -0.554. The molecule has 1 rings (SSSR count). The highest BCUT2D eigenvalue weighted by atomic mass is 16.5. The van der Waals surface area contributed by atoms with E-state index in [1.807, 2.05) is 0 Å². The Hall–Kier alpha value is -1.53. The van der Waals surface area contributed by atoms with Crippen LogP contribution >= 0.6 is 0 Å². The van der Waals surface area contributed by atoms with Gasteiger partial charge in [-0.15, -0.1) is 0 Å². The van der Waals surface area contributed by atoms with E-state index in [9.17, 15) is 4.79 Å². The van der Waals surface area contributed by atoms with Gasteiger partial charge >= 0.3 is 13.1 Å². The Morgan fingerprint density at radius 2 is 2.07 bits per heavy atom. The van der Waals surface area contributed by atoms with Crippen LogP contribution in [0.2, 0.25) is 0 Å². The minimum Gasteiger partial charge on any atom is -0.465 e. The number of rotatable bonds is 2. The van der Waals surface area contributed by atoms with Gasteiger partial charge in [0.05, 0.1) is 12.7 Å². The predicted octanol–water partition coefficient (Wildman–Crippen LogP) is -0.956. The summed E-state index contributed by atoms with van der Waals surface area (Å²) in [6.07, 6.45) is 0. The van der Waals surface area contributed by atoms with Crippen LogP contribution in [0.3, 0.4) is 0 Å². The smallest absolute Gasteiger partial charge is 0.465 e. The van der Waals surface area contributed by atoms with E-state index in [-0.39, 0.29) is 11.0 Å². The van der Waals surface area contributed by atoms with Crippen LogP contribution in [0.1, 0.15) is 15.9 Å². The van der Waals surface area contributed by atoms with Gasteiger partial charge in [-0.1, -0.05) is 0 Å². The second-order valence-electron chi connectivity index (χ2n) is 3.15. The molecule has 15 heavy (non-hydrogen) atoms. The lowest BCUT2D eigenvalue weighted by Crippen LogP contribution is -2.31. The number of ether oxygens (including phenoxy) is 1. The van der Waals surface area contributed by atoms with Crippen molar-refractivity contribution in [3.8, 4) is 0 Å². The second-order valence-corrected chi connectivity index (χ2v) is 3.15. The molecular weight excluding hydrogens is 197 g/mol. The molecule has 0 atom stereocenters. The van der Waals surface area contributed by atoms with E-state index in [2.05, 4.69) is 4.74 Å². The molecule has 1 aromatic rings. The number of esters is 1. The molecular formula is C9H12BNO4. The molecule has 0 bridgehead atoms. The minimum absolute atomic E-state index is 0.165. The maximum atomic E-state index is 11.3. The van der Waals surface area contributed by atoms with E-state index in [4.69, 9.17) is 15.8 Å². The van der Waals surface area contributed by atoms with Gasteiger partial charge in [-0.25, -0.2) is 4.79 Å². The Morgan fingerprint density at radius 1 is 1.47 bits per heavy atom. The van der Waals surface area contributed by atoms with Crippen molar-refractivity contribution in [3.05, 3.63) is 23.3 Å². The van der Waals surface area contributed by atoms with Crippen LogP contribution in [-0.2, 0) is 4.74 Å². The van der Waals surface area contributed by atoms with Gasteiger partial charge in [0.15, 0.2) is 0 Å². The van der Waals surface area contributed by atoms with Crippen LogP contribution in [0, 0.1) is 6.92 Å². The zero-order valence-electron chi connectivity index (χ0n) is 8.52. The summed E-state index contributed by atoms with van der Waals surface area (Å²) < 4.78 is 4.55. The van der Waals surface area contributed by atoms with Crippen LogP contribution < -0.4 is 11.2 Å². The monoisotopic (exact) mass is 209 g/mol. The highest BCUT2D eigenvalue weighted by molar-refractivity contribution is 6.58. The summed E-state index contributed by atoms with van der Waals surface area (Å²) >= 11 is 0. The molecule has 0 saturated carbocycles. The molecule has 4 N–H and O–H groups in total. The van der Waals surface area contributed by atoms with Gasteiger partial charge in [-0.3, -0.25) is 0 Å². The molecule has 0 aliphatic carbocycles. The van der Waals surface area contributed by atoms with Crippen molar-refractivity contribution in [2.24, 2.45) is 0 Å². The lowest BCUT2D eigenvalue weighted by Gasteiger charge is -2.09. The molecule has 0 fully saturated rings. The van der Waals surface area contributed by atoms with Gasteiger partial charge in [0.2, 0.25) is 0 Å². The third-order valence-electron chi connectivity index (χ3n) is 2.17. The summed E-state index contributed by atoms with van der Waals surface area (Å²) in [6.45, 7) is 1.66. The predicted molar refractivity (Wildman–Crippen MR) is 56.8 cm³/mol. The highest BCUT2D eigenvalue weighted by Gasteiger charge is 2.18. The number of nitrogen functional groups attached to an aromatic ring is 1. The normalized spacial score (nSPS) is 9.87. The molecule has 0 radical (unpaired) electrons. The average molecular weight is 209 g/mol. The number of hydrogen-bond acceptors (Lipinski definition) is 5. The summed E-state index contributed by atoms with van der Waals surface area (Å²) in [6, 6.07) is 2.76. The number of anilines is 1. The third-order valence-corrected chi connectivity index (χ3v) is 2.17. The standard InChI is InChI=1S/C9H12BNO4/c1-5-7(9(12)15-2)3-6(10(13)14)4-8(5)11/h3-4,13-14H,11H2,1-2H3. The molecule has 0 spiro atoms. The molecule has 0 aliphatic heterocycles. The quantitative estimate of drug-likeness (QED) is 0.331. The Kier molecular flexibility index (Phi) is 3.33. The van der Waals surface area contributed by atoms with Gasteiger partial charge in [0, 0.05) is 5.69 Å². The molecule has 1 aromatic carbocycles. The van der Waals surface area contributed by atoms with Crippen LogP contribution in [0.4, 0.5) is 5.69 Å². The van der Waals surface area contributed by atoms with E-state index >= 15 is 0 Å². The number of hydrogen-bond donors (Lipinski definition) is 3. The zero-order valence-corrected chi connectivity index (χ0v) is 8.52. The second kappa shape index (κ2) is 4.33. The molecule has 0 saturated heterocycles. The van der Waals surface area contributed by atoms with Crippen molar-refractivity contribution in [2.75, 3.05) is 12.8 Å². The minimum atomic E-state index is -1.66. The molecule has 80 valence electrons. The molecule has 0 heterocycles. The van der Waals surface area contributed by atoms with Crippen LogP contribution in [0.5, 0.6) is 0 Å². The van der Waals surface area contributed by atoms with E-state index in [1.165, 1.54) is 19.2 Å². The van der Waals surface area contributed by atoms with Gasteiger partial charge in [0.1, 0.15) is 0 Å². The van der Waals surface area contributed by atoms with Crippen LogP contribution in [-0.4, -0.2) is 30.2 Å². The molecule has 0 aromatic heterocycles. The van der Waals surface area contributed by atoms with Gasteiger partial charge < -0.3 is 20.5 Å². The number of benzene rings is 1. The van der Waals surface area contributed by atoms with Crippen molar-refractivity contribution in [1.29, 1.82) is 0 Å². The number of carbonyl (C=O) groups is 1. The zero-order chi connectivity index (χ0) is 11.6. The Morgan fingerprint density at radius 3 is 2.53 bits per heavy atom. The van der Waals surface area contributed by atoms with E-state index < -0.39 is 13.1 Å². The Labute approximate surface area is 87.6 Å². The van der Waals surface area contributed by atoms with Crippen molar-refractivity contribution in [1.82, 2.24) is 0 Å². The largest absolute Gasteiger partial charge is 0.488 e. The lowest BCUT2D eigenvalue weighted by atomic mass is 9.78. The highest BCUT2D eigenvalue weighted by Crippen LogP contribution is 2.15. The Bertz CT molecular complexity index is 392. The Balaban J connectivity index is 3.31. The maximum absolute atomic E-state index is 11.3. The van der Waals surface area contributed by atoms with Crippen molar-refractivity contribution in [2.45, 2.75) is 6.92 Å². The van der Waals surface area contributed by atoms with Crippen LogP contribution in [0.25, 0.3) is 0 Å². The van der Waals surface area contributed by atoms with Crippen molar-refractivity contribution in [3.63, 3.8) is 0 Å². The molecule has 0 unspecified atom stereocenters. The van der Waals surface area contributed by atoms with Crippen molar-refractivity contribution >= 4 is 24.2 Å². The van der Waals surface area contributed by atoms with E-state index in [0.29, 0.717) is 11.3 Å². The van der Waals surface area contributed by atoms with E-state index in [0.717, 1.165) is 0 Å². The first-order chi connectivity index (χ1) is 6.97. The SMILES string of the molecule is COC(=O)c1cc(B(O)O)cc(N)c1C. The maximum Gasteiger partial charge on any atom is 0.488 e. The summed E-state index contributed by atoms with van der Waals surface area (Å²) in [7, 11) is -0.406. The number of carbonyl (C=O) groups excluding carboxylic acids is 1. The molecule has 6 heteroatoms. The topological polar surface area (TPSA) is 92.8 Å². The summed E-state index contributed by atoms with van der Waals surface area (Å²) in [5, 5.41) is 17.9. The number of nitrogens with two attached hydrogens (primary N) is 1. The molecule has 0 aliphatic rings. The van der Waals surface area contributed by atoms with Crippen LogP contribution in [0.15, 0.2) is 12.1 Å². The van der Waals surface area contributed by atoms with Gasteiger partial charge in [0.25, 0.3) is 0 Å². The first-order valence-electron chi connectivity index (χ1n) is 4.31. The molecule has 5 nitrogen and oxygen atoms in total. The fraction of sp³-hybridized carbons (Fsp3) is 0.222. The fourth-order valence-corrected chi connectivity index (χ4v) is 1.23. The lowest BCUT2D eigenvalue weighted by molar-refractivity contribution is 0.0600. The van der Waals surface area contributed by atoms with Gasteiger partial charge in [-0.05, 0) is 30.1 Å². The average Bonchev–Trinajstić information content (AvgIpc) is 2.20. The summed E-state index contributed by atoms with van der Waals surface area (Å²) in [4.78, 5) is 11.3. The third kappa shape index (κ3) is 2.29. The van der Waals surface area contributed by atoms with E-state index in [1.54, 1.807) is 6.92 Å². The molecule has 0 amide bonds. The van der Waals surface area contributed by atoms with Crippen molar-refractivity contribution < 1.29 is 19.6 Å². The first kappa shape index (κ1) is 11.5.